The third-order valence-corrected chi connectivity index (χ3v) is 6.29. The van der Waals surface area contributed by atoms with E-state index in [9.17, 15) is 19.5 Å². The molecule has 0 spiro atoms. The Morgan fingerprint density at radius 3 is 2.12 bits per heavy atom. The fourth-order valence-corrected chi connectivity index (χ4v) is 4.43. The quantitative estimate of drug-likeness (QED) is 0.464. The molecule has 182 valence electrons. The van der Waals surface area contributed by atoms with E-state index in [1.165, 1.54) is 7.11 Å². The predicted octanol–water partition coefficient (Wildman–Crippen LogP) is 3.69. The van der Waals surface area contributed by atoms with E-state index in [0.717, 1.165) is 22.3 Å². The zero-order chi connectivity index (χ0) is 24.7. The van der Waals surface area contributed by atoms with Crippen LogP contribution in [-0.4, -0.2) is 55.0 Å². The van der Waals surface area contributed by atoms with Crippen LogP contribution in [0.15, 0.2) is 48.5 Å². The van der Waals surface area contributed by atoms with Crippen molar-refractivity contribution < 1.29 is 29.0 Å². The molecule has 0 aromatic heterocycles. The van der Waals surface area contributed by atoms with Crippen LogP contribution in [0.2, 0.25) is 0 Å². The summed E-state index contributed by atoms with van der Waals surface area (Å²) in [5.41, 5.74) is 2.93. The number of carbonyl (C=O) groups excluding carboxylic acids is 2. The molecule has 0 radical (unpaired) electrons. The lowest BCUT2D eigenvalue weighted by atomic mass is 9.95. The van der Waals surface area contributed by atoms with Gasteiger partial charge in [-0.25, -0.2) is 9.59 Å². The highest BCUT2D eigenvalue weighted by Crippen LogP contribution is 2.44. The summed E-state index contributed by atoms with van der Waals surface area (Å²) in [6.07, 6.45) is 0.285. The minimum atomic E-state index is -1.46. The molecule has 2 amide bonds. The highest BCUT2D eigenvalue weighted by molar-refractivity contribution is 5.93. The van der Waals surface area contributed by atoms with Crippen LogP contribution < -0.4 is 10.6 Å². The van der Waals surface area contributed by atoms with Crippen molar-refractivity contribution >= 4 is 18.0 Å². The van der Waals surface area contributed by atoms with E-state index in [1.807, 2.05) is 43.3 Å². The lowest BCUT2D eigenvalue weighted by Gasteiger charge is -2.32. The van der Waals surface area contributed by atoms with E-state index in [1.54, 1.807) is 6.92 Å². The maximum atomic E-state index is 13.1. The number of nitrogens with one attached hydrogen (secondary N) is 2. The molecule has 1 aliphatic rings. The van der Waals surface area contributed by atoms with Gasteiger partial charge in [0, 0.05) is 13.0 Å². The zero-order valence-electron chi connectivity index (χ0n) is 19.8. The summed E-state index contributed by atoms with van der Waals surface area (Å²) in [5, 5.41) is 14.6. The van der Waals surface area contributed by atoms with Crippen LogP contribution in [0.4, 0.5) is 4.79 Å². The van der Waals surface area contributed by atoms with Gasteiger partial charge in [-0.2, -0.15) is 0 Å². The molecule has 0 aliphatic heterocycles. The molecular formula is C26H32N2O6. The van der Waals surface area contributed by atoms with Gasteiger partial charge in [-0.15, -0.1) is 0 Å². The predicted molar refractivity (Wildman–Crippen MR) is 128 cm³/mol. The molecule has 0 saturated carbocycles. The number of carboxylic acid groups (broad SMARTS) is 1. The molecule has 34 heavy (non-hydrogen) atoms. The third kappa shape index (κ3) is 5.22. The summed E-state index contributed by atoms with van der Waals surface area (Å²) in [7, 11) is 1.41. The first-order chi connectivity index (χ1) is 16.4. The van der Waals surface area contributed by atoms with Gasteiger partial charge in [0.1, 0.15) is 18.2 Å². The molecule has 3 rings (SSSR count). The molecule has 8 nitrogen and oxygen atoms in total. The summed E-state index contributed by atoms with van der Waals surface area (Å²) in [6, 6.07) is 15.0. The molecule has 1 aliphatic carbocycles. The highest BCUT2D eigenvalue weighted by Gasteiger charge is 2.41. The largest absolute Gasteiger partial charge is 0.480 e. The van der Waals surface area contributed by atoms with Gasteiger partial charge in [-0.1, -0.05) is 68.8 Å². The number of alkyl carbamates (subject to hydrolysis) is 1. The Labute approximate surface area is 199 Å². The van der Waals surface area contributed by atoms with Crippen molar-refractivity contribution in [3.63, 3.8) is 0 Å². The smallest absolute Gasteiger partial charge is 0.408 e. The number of rotatable bonds is 11. The minimum Gasteiger partial charge on any atom is -0.480 e. The molecule has 2 aromatic carbocycles. The second-order valence-corrected chi connectivity index (χ2v) is 8.47. The van der Waals surface area contributed by atoms with E-state index in [4.69, 9.17) is 9.47 Å². The van der Waals surface area contributed by atoms with Crippen molar-refractivity contribution in [2.75, 3.05) is 20.3 Å². The normalized spacial score (nSPS) is 14.9. The van der Waals surface area contributed by atoms with Crippen LogP contribution in [-0.2, 0) is 19.1 Å². The maximum Gasteiger partial charge on any atom is 0.408 e. The Bertz CT molecular complexity index is 994. The second-order valence-electron chi connectivity index (χ2n) is 8.47. The van der Waals surface area contributed by atoms with Crippen LogP contribution in [0.3, 0.4) is 0 Å². The number of aliphatic carboxylic acids is 1. The van der Waals surface area contributed by atoms with Crippen molar-refractivity contribution in [2.24, 2.45) is 0 Å². The Morgan fingerprint density at radius 1 is 1.03 bits per heavy atom. The molecule has 3 N–H and O–H groups in total. The van der Waals surface area contributed by atoms with E-state index in [-0.39, 0.29) is 32.0 Å². The number of ether oxygens (including phenoxy) is 2. The van der Waals surface area contributed by atoms with E-state index in [0.29, 0.717) is 6.42 Å². The summed E-state index contributed by atoms with van der Waals surface area (Å²) >= 11 is 0. The van der Waals surface area contributed by atoms with Crippen LogP contribution in [0, 0.1) is 0 Å². The molecule has 2 atom stereocenters. The number of hydrogen-bond acceptors (Lipinski definition) is 5. The number of methoxy groups -OCH3 is 1. The van der Waals surface area contributed by atoms with Crippen molar-refractivity contribution in [2.45, 2.75) is 50.6 Å². The monoisotopic (exact) mass is 468 g/mol. The fraction of sp³-hybridized carbons (Fsp3) is 0.423. The van der Waals surface area contributed by atoms with E-state index < -0.39 is 29.6 Å². The van der Waals surface area contributed by atoms with Crippen molar-refractivity contribution in [3.05, 3.63) is 59.7 Å². The summed E-state index contributed by atoms with van der Waals surface area (Å²) < 4.78 is 10.8. The molecule has 2 aromatic rings. The Morgan fingerprint density at radius 2 is 1.62 bits per heavy atom. The van der Waals surface area contributed by atoms with Crippen molar-refractivity contribution in [3.8, 4) is 11.1 Å². The van der Waals surface area contributed by atoms with E-state index >= 15 is 0 Å². The van der Waals surface area contributed by atoms with Gasteiger partial charge in [0.15, 0.2) is 0 Å². The number of carbonyl (C=O) groups is 3. The maximum absolute atomic E-state index is 13.1. The molecule has 1 unspecified atom stereocenters. The SMILES string of the molecule is CCC[C@@H](NC(=O)C(CC)(COC)NC(=O)OCC1c2ccccc2-c2ccccc21)C(=O)O. The summed E-state index contributed by atoms with van der Waals surface area (Å²) in [4.78, 5) is 37.4. The Balaban J connectivity index is 1.73. The Kier molecular flexibility index (Phi) is 8.28. The molecule has 0 heterocycles. The first-order valence-corrected chi connectivity index (χ1v) is 11.5. The van der Waals surface area contributed by atoms with Crippen molar-refractivity contribution in [1.82, 2.24) is 10.6 Å². The van der Waals surface area contributed by atoms with Crippen LogP contribution in [0.25, 0.3) is 11.1 Å². The lowest BCUT2D eigenvalue weighted by Crippen LogP contribution is -2.63. The minimum absolute atomic E-state index is 0.0990. The molecule has 0 bridgehead atoms. The molecule has 0 fully saturated rings. The molecule has 0 saturated heterocycles. The highest BCUT2D eigenvalue weighted by atomic mass is 16.5. The fourth-order valence-electron chi connectivity index (χ4n) is 4.43. The Hall–Kier alpha value is -3.39. The lowest BCUT2D eigenvalue weighted by molar-refractivity contribution is -0.143. The average Bonchev–Trinajstić information content (AvgIpc) is 3.15. The molecular weight excluding hydrogens is 436 g/mol. The van der Waals surface area contributed by atoms with Crippen LogP contribution in [0.1, 0.15) is 50.2 Å². The number of amides is 2. The molecule has 8 heteroatoms. The number of benzene rings is 2. The number of hydrogen-bond donors (Lipinski definition) is 3. The topological polar surface area (TPSA) is 114 Å². The zero-order valence-corrected chi connectivity index (χ0v) is 19.8. The van der Waals surface area contributed by atoms with E-state index in [2.05, 4.69) is 22.8 Å². The van der Waals surface area contributed by atoms with Gasteiger partial charge in [-0.05, 0) is 35.1 Å². The van der Waals surface area contributed by atoms with Gasteiger partial charge in [0.25, 0.3) is 0 Å². The van der Waals surface area contributed by atoms with Gasteiger partial charge >= 0.3 is 12.1 Å². The standard InChI is InChI=1S/C26H32N2O6/c1-4-10-22(23(29)30)27-24(31)26(5-2,16-33-3)28-25(32)34-15-21-19-13-8-6-11-17(19)18-12-7-9-14-20(18)21/h6-9,11-14,21-22H,4-5,10,15-16H2,1-3H3,(H,27,31)(H,28,32)(H,29,30)/t22-,26?/m1/s1. The van der Waals surface area contributed by atoms with Gasteiger partial charge in [0.05, 0.1) is 6.61 Å². The van der Waals surface area contributed by atoms with Gasteiger partial charge < -0.3 is 25.2 Å². The third-order valence-electron chi connectivity index (χ3n) is 6.29. The first kappa shape index (κ1) is 25.2. The average molecular weight is 469 g/mol. The van der Waals surface area contributed by atoms with Gasteiger partial charge in [-0.3, -0.25) is 4.79 Å². The summed E-state index contributed by atoms with van der Waals surface area (Å²) in [6.45, 7) is 3.52. The van der Waals surface area contributed by atoms with Crippen LogP contribution in [0.5, 0.6) is 0 Å². The number of carboxylic acids is 1. The summed E-state index contributed by atoms with van der Waals surface area (Å²) in [5.74, 6) is -1.86. The number of fused-ring (bicyclic) bond motifs is 3. The van der Waals surface area contributed by atoms with Gasteiger partial charge in [0.2, 0.25) is 5.91 Å². The van der Waals surface area contributed by atoms with Crippen molar-refractivity contribution in [1.29, 1.82) is 0 Å². The second kappa shape index (κ2) is 11.2. The van der Waals surface area contributed by atoms with Crippen LogP contribution >= 0.6 is 0 Å². The first-order valence-electron chi connectivity index (χ1n) is 11.5.